The molecule has 0 aliphatic carbocycles. The molecule has 1 unspecified atom stereocenters. The lowest BCUT2D eigenvalue weighted by atomic mass is 10.1. The summed E-state index contributed by atoms with van der Waals surface area (Å²) in [4.78, 5) is 12.6. The first-order valence-electron chi connectivity index (χ1n) is 8.64. The number of sulfonamides is 1. The number of anilines is 1. The van der Waals surface area contributed by atoms with Gasteiger partial charge in [0.25, 0.3) is 0 Å². The Bertz CT molecular complexity index is 844. The molecule has 2 rings (SSSR count). The van der Waals surface area contributed by atoms with Crippen molar-refractivity contribution in [3.05, 3.63) is 65.2 Å². The maximum absolute atomic E-state index is 12.6. The van der Waals surface area contributed by atoms with Crippen molar-refractivity contribution >= 4 is 21.6 Å². The van der Waals surface area contributed by atoms with Gasteiger partial charge in [-0.15, -0.1) is 0 Å². The number of hydrogen-bond donors (Lipinski definition) is 1. The molecule has 0 fully saturated rings. The number of rotatable bonds is 7. The van der Waals surface area contributed by atoms with Gasteiger partial charge in [-0.3, -0.25) is 9.10 Å². The summed E-state index contributed by atoms with van der Waals surface area (Å²) < 4.78 is 25.7. The van der Waals surface area contributed by atoms with E-state index >= 15 is 0 Å². The van der Waals surface area contributed by atoms with Crippen molar-refractivity contribution in [3.8, 4) is 0 Å². The predicted molar refractivity (Wildman–Crippen MR) is 106 cm³/mol. The van der Waals surface area contributed by atoms with E-state index in [-0.39, 0.29) is 5.91 Å². The molecule has 0 aromatic heterocycles. The van der Waals surface area contributed by atoms with Crippen molar-refractivity contribution in [2.75, 3.05) is 10.6 Å². The highest BCUT2D eigenvalue weighted by Gasteiger charge is 2.28. The van der Waals surface area contributed by atoms with Gasteiger partial charge in [0.15, 0.2) is 0 Å². The van der Waals surface area contributed by atoms with E-state index in [1.165, 1.54) is 0 Å². The Labute approximate surface area is 156 Å². The molecule has 2 aromatic carbocycles. The van der Waals surface area contributed by atoms with Crippen LogP contribution in [0.4, 0.5) is 5.69 Å². The highest BCUT2D eigenvalue weighted by molar-refractivity contribution is 7.92. The average molecular weight is 375 g/mol. The molecular weight excluding hydrogens is 348 g/mol. The molecule has 0 aliphatic rings. The Hall–Kier alpha value is -2.34. The zero-order chi connectivity index (χ0) is 19.3. The fourth-order valence-electron chi connectivity index (χ4n) is 2.73. The molecular formula is C20H26N2O3S. The molecule has 0 radical (unpaired) electrons. The predicted octanol–water partition coefficient (Wildman–Crippen LogP) is 3.03. The standard InChI is InChI=1S/C20H26N2O3S/c1-5-17-10-12-19(13-11-17)22(26(4,24)25)16(3)20(23)21-14-18-8-6-15(2)7-9-18/h6-13,16H,5,14H2,1-4H3,(H,21,23). The van der Waals surface area contributed by atoms with E-state index < -0.39 is 16.1 Å². The van der Waals surface area contributed by atoms with Gasteiger partial charge in [0, 0.05) is 6.54 Å². The lowest BCUT2D eigenvalue weighted by molar-refractivity contribution is -0.122. The number of nitrogens with one attached hydrogen (secondary N) is 1. The second-order valence-corrected chi connectivity index (χ2v) is 8.32. The van der Waals surface area contributed by atoms with Crippen LogP contribution in [-0.4, -0.2) is 26.6 Å². The van der Waals surface area contributed by atoms with Gasteiger partial charge in [-0.2, -0.15) is 0 Å². The number of aryl methyl sites for hydroxylation is 2. The van der Waals surface area contributed by atoms with Crippen LogP contribution in [0.5, 0.6) is 0 Å². The van der Waals surface area contributed by atoms with Crippen LogP contribution in [0.3, 0.4) is 0 Å². The molecule has 5 nitrogen and oxygen atoms in total. The molecule has 0 saturated heterocycles. The monoisotopic (exact) mass is 374 g/mol. The Balaban J connectivity index is 2.16. The third kappa shape index (κ3) is 5.08. The van der Waals surface area contributed by atoms with Crippen molar-refractivity contribution in [1.82, 2.24) is 5.32 Å². The average Bonchev–Trinajstić information content (AvgIpc) is 2.60. The van der Waals surface area contributed by atoms with Crippen LogP contribution < -0.4 is 9.62 Å². The third-order valence-electron chi connectivity index (χ3n) is 4.27. The molecule has 0 aliphatic heterocycles. The third-order valence-corrected chi connectivity index (χ3v) is 5.52. The number of benzene rings is 2. The minimum atomic E-state index is -3.60. The van der Waals surface area contributed by atoms with Crippen LogP contribution >= 0.6 is 0 Å². The molecule has 26 heavy (non-hydrogen) atoms. The van der Waals surface area contributed by atoms with Crippen molar-refractivity contribution in [2.24, 2.45) is 0 Å². The Morgan fingerprint density at radius 2 is 1.58 bits per heavy atom. The van der Waals surface area contributed by atoms with Gasteiger partial charge in [0.05, 0.1) is 11.9 Å². The molecule has 0 spiro atoms. The SMILES string of the molecule is CCc1ccc(N(C(C)C(=O)NCc2ccc(C)cc2)S(C)(=O)=O)cc1. The molecule has 1 atom stereocenters. The van der Waals surface area contributed by atoms with E-state index in [0.717, 1.165) is 33.7 Å². The van der Waals surface area contributed by atoms with Crippen molar-refractivity contribution in [2.45, 2.75) is 39.8 Å². The molecule has 0 heterocycles. The second-order valence-electron chi connectivity index (χ2n) is 6.46. The summed E-state index contributed by atoms with van der Waals surface area (Å²) in [5.41, 5.74) is 3.71. The van der Waals surface area contributed by atoms with Crippen molar-refractivity contribution in [1.29, 1.82) is 0 Å². The molecule has 6 heteroatoms. The lowest BCUT2D eigenvalue weighted by Crippen LogP contribution is -2.47. The molecule has 0 bridgehead atoms. The van der Waals surface area contributed by atoms with Gasteiger partial charge in [0.1, 0.15) is 6.04 Å². The van der Waals surface area contributed by atoms with Crippen molar-refractivity contribution < 1.29 is 13.2 Å². The smallest absolute Gasteiger partial charge is 0.243 e. The molecule has 0 saturated carbocycles. The number of nitrogens with zero attached hydrogens (tertiary/aromatic N) is 1. The minimum Gasteiger partial charge on any atom is -0.350 e. The van der Waals surface area contributed by atoms with Crippen LogP contribution in [-0.2, 0) is 27.8 Å². The van der Waals surface area contributed by atoms with E-state index in [2.05, 4.69) is 5.32 Å². The minimum absolute atomic E-state index is 0.337. The quantitative estimate of drug-likeness (QED) is 0.810. The van der Waals surface area contributed by atoms with Crippen molar-refractivity contribution in [3.63, 3.8) is 0 Å². The molecule has 140 valence electrons. The van der Waals surface area contributed by atoms with Crippen LogP contribution in [0.1, 0.15) is 30.5 Å². The van der Waals surface area contributed by atoms with E-state index in [4.69, 9.17) is 0 Å². The van der Waals surface area contributed by atoms with Gasteiger partial charge in [-0.1, -0.05) is 48.9 Å². The molecule has 1 amide bonds. The van der Waals surface area contributed by atoms with Crippen LogP contribution in [0.25, 0.3) is 0 Å². The number of amides is 1. The maximum atomic E-state index is 12.6. The van der Waals surface area contributed by atoms with E-state index in [9.17, 15) is 13.2 Å². The summed E-state index contributed by atoms with van der Waals surface area (Å²) in [7, 11) is -3.60. The Kier molecular flexibility index (Phi) is 6.42. The van der Waals surface area contributed by atoms with Gasteiger partial charge in [0.2, 0.25) is 15.9 Å². The van der Waals surface area contributed by atoms with Gasteiger partial charge in [-0.25, -0.2) is 8.42 Å². The fourth-order valence-corrected chi connectivity index (χ4v) is 3.91. The molecule has 1 N–H and O–H groups in total. The van der Waals surface area contributed by atoms with Crippen LogP contribution in [0.15, 0.2) is 48.5 Å². The Morgan fingerprint density at radius 1 is 1.04 bits per heavy atom. The zero-order valence-electron chi connectivity index (χ0n) is 15.7. The summed E-state index contributed by atoms with van der Waals surface area (Å²) in [6, 6.07) is 14.2. The van der Waals surface area contributed by atoms with E-state index in [0.29, 0.717) is 12.2 Å². The second kappa shape index (κ2) is 8.36. The summed E-state index contributed by atoms with van der Waals surface area (Å²) in [6.45, 7) is 5.98. The van der Waals surface area contributed by atoms with E-state index in [1.807, 2.05) is 50.2 Å². The number of hydrogen-bond acceptors (Lipinski definition) is 3. The summed E-state index contributed by atoms with van der Waals surface area (Å²) >= 11 is 0. The highest BCUT2D eigenvalue weighted by atomic mass is 32.2. The number of carbonyl (C=O) groups excluding carboxylic acids is 1. The van der Waals surface area contributed by atoms with Gasteiger partial charge in [-0.05, 0) is 43.5 Å². The van der Waals surface area contributed by atoms with Crippen LogP contribution in [0.2, 0.25) is 0 Å². The summed E-state index contributed by atoms with van der Waals surface area (Å²) in [6.07, 6.45) is 1.98. The first-order valence-corrected chi connectivity index (χ1v) is 10.5. The lowest BCUT2D eigenvalue weighted by Gasteiger charge is -2.28. The fraction of sp³-hybridized carbons (Fsp3) is 0.350. The number of carbonyl (C=O) groups is 1. The molecule has 2 aromatic rings. The summed E-state index contributed by atoms with van der Waals surface area (Å²) in [5.74, 6) is -0.337. The first-order chi connectivity index (χ1) is 12.2. The topological polar surface area (TPSA) is 66.5 Å². The van der Waals surface area contributed by atoms with Crippen LogP contribution in [0, 0.1) is 6.92 Å². The highest BCUT2D eigenvalue weighted by Crippen LogP contribution is 2.21. The van der Waals surface area contributed by atoms with Gasteiger partial charge >= 0.3 is 0 Å². The normalized spacial score (nSPS) is 12.5. The van der Waals surface area contributed by atoms with Gasteiger partial charge < -0.3 is 5.32 Å². The Morgan fingerprint density at radius 3 is 2.08 bits per heavy atom. The summed E-state index contributed by atoms with van der Waals surface area (Å²) in [5, 5.41) is 2.82. The largest absolute Gasteiger partial charge is 0.350 e. The first kappa shape index (κ1) is 20.0. The maximum Gasteiger partial charge on any atom is 0.243 e. The van der Waals surface area contributed by atoms with E-state index in [1.54, 1.807) is 19.1 Å². The zero-order valence-corrected chi connectivity index (χ0v) is 16.5.